The van der Waals surface area contributed by atoms with E-state index in [9.17, 15) is 14.7 Å². The Morgan fingerprint density at radius 3 is 2.65 bits per heavy atom. The maximum Gasteiger partial charge on any atom is 0.321 e. The third kappa shape index (κ3) is 7.09. The van der Waals surface area contributed by atoms with Crippen LogP contribution in [0.15, 0.2) is 18.2 Å². The summed E-state index contributed by atoms with van der Waals surface area (Å²) in [4.78, 5) is 25.8. The van der Waals surface area contributed by atoms with Gasteiger partial charge >= 0.3 is 5.97 Å². The number of morpholine rings is 1. The van der Waals surface area contributed by atoms with E-state index in [0.29, 0.717) is 22.3 Å². The average Bonchev–Trinajstić information content (AvgIpc) is 2.61. The summed E-state index contributed by atoms with van der Waals surface area (Å²) in [5.74, 6) is -1.49. The second-order valence-electron chi connectivity index (χ2n) is 6.03. The molecule has 1 aromatic rings. The average molecular weight is 404 g/mol. The van der Waals surface area contributed by atoms with E-state index in [1.165, 1.54) is 6.07 Å². The van der Waals surface area contributed by atoms with Crippen LogP contribution in [0, 0.1) is 0 Å². The number of carbonyl (C=O) groups is 2. The fourth-order valence-electron chi connectivity index (χ4n) is 2.63. The third-order valence-electron chi connectivity index (χ3n) is 4.04. The number of hydrogen-bond acceptors (Lipinski definition) is 5. The summed E-state index contributed by atoms with van der Waals surface area (Å²) in [6.07, 6.45) is 0.611. The molecule has 0 saturated carbocycles. The number of aliphatic carboxylic acids is 1. The smallest absolute Gasteiger partial charge is 0.321 e. The minimum absolute atomic E-state index is 0.189. The number of nitrogens with one attached hydrogen (secondary N) is 2. The quantitative estimate of drug-likeness (QED) is 0.546. The number of ether oxygens (including phenoxy) is 1. The number of carbonyl (C=O) groups excluding carboxylic acids is 1. The van der Waals surface area contributed by atoms with Crippen molar-refractivity contribution < 1.29 is 19.4 Å². The van der Waals surface area contributed by atoms with Gasteiger partial charge in [0.1, 0.15) is 6.04 Å². The number of halogens is 2. The van der Waals surface area contributed by atoms with Crippen LogP contribution in [-0.4, -0.2) is 67.3 Å². The molecule has 1 saturated heterocycles. The molecule has 1 atom stereocenters. The molecular formula is C17H23Cl2N3O4. The van der Waals surface area contributed by atoms with Gasteiger partial charge in [-0.3, -0.25) is 14.5 Å². The first kappa shape index (κ1) is 20.9. The predicted molar refractivity (Wildman–Crippen MR) is 101 cm³/mol. The molecule has 26 heavy (non-hydrogen) atoms. The summed E-state index contributed by atoms with van der Waals surface area (Å²) in [6.45, 7) is 4.65. The number of hydrogen-bond donors (Lipinski definition) is 3. The Bertz CT molecular complexity index is 624. The van der Waals surface area contributed by atoms with Crippen LogP contribution in [0.4, 0.5) is 5.69 Å². The van der Waals surface area contributed by atoms with Crippen LogP contribution in [0.2, 0.25) is 10.0 Å². The van der Waals surface area contributed by atoms with Crippen molar-refractivity contribution in [3.63, 3.8) is 0 Å². The molecule has 1 heterocycles. The molecule has 0 aromatic heterocycles. The molecule has 1 aromatic carbocycles. The van der Waals surface area contributed by atoms with Crippen molar-refractivity contribution in [2.45, 2.75) is 18.9 Å². The van der Waals surface area contributed by atoms with Gasteiger partial charge in [-0.25, -0.2) is 0 Å². The third-order valence-corrected chi connectivity index (χ3v) is 4.59. The van der Waals surface area contributed by atoms with E-state index in [0.717, 1.165) is 39.3 Å². The monoisotopic (exact) mass is 403 g/mol. The van der Waals surface area contributed by atoms with Crippen molar-refractivity contribution >= 4 is 40.8 Å². The first-order chi connectivity index (χ1) is 12.5. The Labute approximate surface area is 162 Å². The van der Waals surface area contributed by atoms with Gasteiger partial charge in [0.25, 0.3) is 0 Å². The Morgan fingerprint density at radius 1 is 1.27 bits per heavy atom. The van der Waals surface area contributed by atoms with E-state index in [-0.39, 0.29) is 6.42 Å². The van der Waals surface area contributed by atoms with Crippen LogP contribution in [0.1, 0.15) is 12.8 Å². The lowest BCUT2D eigenvalue weighted by molar-refractivity contribution is -0.141. The zero-order valence-electron chi connectivity index (χ0n) is 14.3. The van der Waals surface area contributed by atoms with Gasteiger partial charge in [0.2, 0.25) is 5.91 Å². The normalized spacial score (nSPS) is 16.2. The molecule has 0 radical (unpaired) electrons. The van der Waals surface area contributed by atoms with Gasteiger partial charge in [-0.05, 0) is 37.7 Å². The SMILES string of the molecule is O=C(CC(NCCCN1CCOCC1)C(=O)O)Nc1ccc(Cl)cc1Cl. The molecule has 144 valence electrons. The zero-order valence-corrected chi connectivity index (χ0v) is 15.9. The van der Waals surface area contributed by atoms with Crippen molar-refractivity contribution in [3.05, 3.63) is 28.2 Å². The highest BCUT2D eigenvalue weighted by atomic mass is 35.5. The second-order valence-corrected chi connectivity index (χ2v) is 6.87. The molecule has 0 spiro atoms. The lowest BCUT2D eigenvalue weighted by Gasteiger charge is -2.26. The molecule has 0 aliphatic carbocycles. The summed E-state index contributed by atoms with van der Waals surface area (Å²) in [5, 5.41) is 15.6. The fourth-order valence-corrected chi connectivity index (χ4v) is 3.08. The second kappa shape index (κ2) is 10.7. The summed E-state index contributed by atoms with van der Waals surface area (Å²) in [5.41, 5.74) is 0.400. The van der Waals surface area contributed by atoms with E-state index in [2.05, 4.69) is 15.5 Å². The Hall–Kier alpha value is -1.38. The predicted octanol–water partition coefficient (Wildman–Crippen LogP) is 2.09. The number of carboxylic acid groups (broad SMARTS) is 1. The zero-order chi connectivity index (χ0) is 18.9. The molecule has 0 bridgehead atoms. The minimum Gasteiger partial charge on any atom is -0.480 e. The topological polar surface area (TPSA) is 90.9 Å². The van der Waals surface area contributed by atoms with Crippen molar-refractivity contribution in [2.24, 2.45) is 0 Å². The standard InChI is InChI=1S/C17H23Cl2N3O4/c18-12-2-3-14(13(19)10-12)21-16(23)11-15(17(24)25)20-4-1-5-22-6-8-26-9-7-22/h2-3,10,15,20H,1,4-9,11H2,(H,21,23)(H,24,25). The molecule has 7 nitrogen and oxygen atoms in total. The summed E-state index contributed by atoms with van der Waals surface area (Å²) < 4.78 is 5.29. The number of nitrogens with zero attached hydrogens (tertiary/aromatic N) is 1. The van der Waals surface area contributed by atoms with Crippen LogP contribution in [0.3, 0.4) is 0 Å². The summed E-state index contributed by atoms with van der Waals surface area (Å²) >= 11 is 11.8. The van der Waals surface area contributed by atoms with Gasteiger partial charge in [0.05, 0.1) is 30.3 Å². The molecule has 9 heteroatoms. The van der Waals surface area contributed by atoms with E-state index >= 15 is 0 Å². The molecule has 1 amide bonds. The van der Waals surface area contributed by atoms with Gasteiger partial charge in [0, 0.05) is 18.1 Å². The van der Waals surface area contributed by atoms with Crippen LogP contribution >= 0.6 is 23.2 Å². The number of carboxylic acids is 1. The lowest BCUT2D eigenvalue weighted by Crippen LogP contribution is -2.42. The molecule has 1 fully saturated rings. The van der Waals surface area contributed by atoms with Gasteiger partial charge in [-0.1, -0.05) is 23.2 Å². The van der Waals surface area contributed by atoms with Gasteiger partial charge in [0.15, 0.2) is 0 Å². The van der Waals surface area contributed by atoms with Crippen molar-refractivity contribution in [1.29, 1.82) is 0 Å². The van der Waals surface area contributed by atoms with Crippen LogP contribution < -0.4 is 10.6 Å². The molecule has 3 N–H and O–H groups in total. The number of benzene rings is 1. The fraction of sp³-hybridized carbons (Fsp3) is 0.529. The number of amides is 1. The Kier molecular flexibility index (Phi) is 8.61. The first-order valence-electron chi connectivity index (χ1n) is 8.47. The molecule has 1 unspecified atom stereocenters. The van der Waals surface area contributed by atoms with Gasteiger partial charge in [-0.15, -0.1) is 0 Å². The van der Waals surface area contributed by atoms with Gasteiger partial charge < -0.3 is 20.5 Å². The highest BCUT2D eigenvalue weighted by Crippen LogP contribution is 2.25. The Balaban J connectivity index is 1.75. The molecular weight excluding hydrogens is 381 g/mol. The van der Waals surface area contributed by atoms with Crippen LogP contribution in [0.5, 0.6) is 0 Å². The van der Waals surface area contributed by atoms with Crippen LogP contribution in [0.25, 0.3) is 0 Å². The molecule has 2 rings (SSSR count). The highest BCUT2D eigenvalue weighted by molar-refractivity contribution is 6.36. The summed E-state index contributed by atoms with van der Waals surface area (Å²) in [6, 6.07) is 3.73. The maximum atomic E-state index is 12.1. The maximum absolute atomic E-state index is 12.1. The number of rotatable bonds is 9. The van der Waals surface area contributed by atoms with E-state index < -0.39 is 17.9 Å². The van der Waals surface area contributed by atoms with Crippen molar-refractivity contribution in [3.8, 4) is 0 Å². The number of anilines is 1. The first-order valence-corrected chi connectivity index (χ1v) is 9.22. The molecule has 1 aliphatic rings. The largest absolute Gasteiger partial charge is 0.480 e. The van der Waals surface area contributed by atoms with Crippen molar-refractivity contribution in [1.82, 2.24) is 10.2 Å². The van der Waals surface area contributed by atoms with E-state index in [1.807, 2.05) is 0 Å². The lowest BCUT2D eigenvalue weighted by atomic mass is 10.2. The van der Waals surface area contributed by atoms with E-state index in [1.54, 1.807) is 12.1 Å². The highest BCUT2D eigenvalue weighted by Gasteiger charge is 2.21. The van der Waals surface area contributed by atoms with Crippen molar-refractivity contribution in [2.75, 3.05) is 44.7 Å². The minimum atomic E-state index is -1.06. The van der Waals surface area contributed by atoms with Crippen LogP contribution in [-0.2, 0) is 14.3 Å². The van der Waals surface area contributed by atoms with E-state index in [4.69, 9.17) is 27.9 Å². The van der Waals surface area contributed by atoms with Gasteiger partial charge in [-0.2, -0.15) is 0 Å². The Morgan fingerprint density at radius 2 is 2.00 bits per heavy atom. The molecule has 1 aliphatic heterocycles. The summed E-state index contributed by atoms with van der Waals surface area (Å²) in [7, 11) is 0.